The molecule has 1 aromatic carbocycles. The van der Waals surface area contributed by atoms with Gasteiger partial charge in [0.15, 0.2) is 10.9 Å². The number of carbonyl (C=O) groups excluding carboxylic acids is 2. The number of hydrogen-bond acceptors (Lipinski definition) is 15. The Hall–Kier alpha value is -4.30. The monoisotopic (exact) mass is 620 g/mol. The van der Waals surface area contributed by atoms with E-state index in [0.717, 1.165) is 28.0 Å². The van der Waals surface area contributed by atoms with Crippen LogP contribution in [0.15, 0.2) is 40.6 Å². The number of nitrogens with one attached hydrogen (secondary N) is 1. The molecule has 2 aliphatic rings. The smallest absolute Gasteiger partial charge is 0.325 e. The van der Waals surface area contributed by atoms with Crippen LogP contribution in [0.4, 0.5) is 5.13 Å². The van der Waals surface area contributed by atoms with Crippen LogP contribution in [0.2, 0.25) is 0 Å². The molecule has 0 radical (unpaired) electrons. The number of aliphatic carboxylic acids is 2. The molecule has 5 rings (SSSR count). The summed E-state index contributed by atoms with van der Waals surface area (Å²) in [5.41, 5.74) is 4.02. The molecule has 3 atom stereocenters. The van der Waals surface area contributed by atoms with E-state index in [0.29, 0.717) is 5.75 Å². The number of oxime groups is 1. The van der Waals surface area contributed by atoms with Gasteiger partial charge in [0.2, 0.25) is 22.6 Å². The number of benzene rings is 1. The van der Waals surface area contributed by atoms with Crippen LogP contribution < -0.4 is 15.9 Å². The van der Waals surface area contributed by atoms with Crippen molar-refractivity contribution >= 4 is 69.7 Å². The number of nitrogen functional groups attached to an aromatic ring is 1. The van der Waals surface area contributed by atoms with Crippen molar-refractivity contribution in [3.05, 3.63) is 36.2 Å². The van der Waals surface area contributed by atoms with Gasteiger partial charge < -0.3 is 31.0 Å². The van der Waals surface area contributed by atoms with E-state index in [1.807, 2.05) is 0 Å². The van der Waals surface area contributed by atoms with Gasteiger partial charge >= 0.3 is 11.9 Å². The van der Waals surface area contributed by atoms with Crippen LogP contribution in [0.5, 0.6) is 5.75 Å². The number of para-hydroxylation sites is 1. The molecular weight excluding hydrogens is 600 g/mol. The van der Waals surface area contributed by atoms with E-state index in [1.165, 1.54) is 16.7 Å². The van der Waals surface area contributed by atoms with Crippen LogP contribution in [0, 0.1) is 5.41 Å². The number of carboxylic acid groups (broad SMARTS) is 2. The number of tetrazole rings is 1. The number of aromatic nitrogens is 6. The fourth-order valence-corrected chi connectivity index (χ4v) is 7.11. The molecule has 4 heterocycles. The quantitative estimate of drug-likeness (QED) is 0.0891. The third-order valence-electron chi connectivity index (χ3n) is 6.00. The number of thioether (sulfide) groups is 2. The minimum Gasteiger partial charge on any atom is -0.481 e. The molecule has 5 N–H and O–H groups in total. The molecule has 3 aromatic rings. The second-order valence-electron chi connectivity index (χ2n) is 8.81. The van der Waals surface area contributed by atoms with E-state index < -0.39 is 47.1 Å². The SMILES string of the molecule is Nc1nc(C(=NOc2ccccc2)C(=O)NC2C(=O)N3CC(CSc4nnnn4CC(=O)O)(C(=O)O)CS[C@H]23)ns1. The predicted molar refractivity (Wildman–Crippen MR) is 144 cm³/mol. The Bertz CT molecular complexity index is 1520. The van der Waals surface area contributed by atoms with Crippen molar-refractivity contribution in [2.45, 2.75) is 23.1 Å². The number of hydrogen-bond donors (Lipinski definition) is 4. The Labute approximate surface area is 242 Å². The van der Waals surface area contributed by atoms with Gasteiger partial charge in [0, 0.05) is 29.6 Å². The molecule has 2 unspecified atom stereocenters. The highest BCUT2D eigenvalue weighted by molar-refractivity contribution is 8.00. The third-order valence-corrected chi connectivity index (χ3v) is 9.38. The van der Waals surface area contributed by atoms with Crippen molar-refractivity contribution in [2.24, 2.45) is 10.6 Å². The number of β-lactam (4-membered cyclic amide) rings is 1. The Morgan fingerprint density at radius 3 is 2.73 bits per heavy atom. The Morgan fingerprint density at radius 2 is 2.05 bits per heavy atom. The van der Waals surface area contributed by atoms with Crippen LogP contribution in [0.25, 0.3) is 0 Å². The van der Waals surface area contributed by atoms with E-state index in [-0.39, 0.29) is 39.9 Å². The minimum atomic E-state index is -1.37. The summed E-state index contributed by atoms with van der Waals surface area (Å²) in [6, 6.07) is 7.54. The molecule has 0 bridgehead atoms. The van der Waals surface area contributed by atoms with Gasteiger partial charge in [-0.05, 0) is 22.6 Å². The average Bonchev–Trinajstić information content (AvgIpc) is 3.59. The lowest BCUT2D eigenvalue weighted by Gasteiger charge is -2.53. The fraction of sp³-hybridized carbons (Fsp3) is 0.333. The van der Waals surface area contributed by atoms with E-state index in [2.05, 4.69) is 35.4 Å². The van der Waals surface area contributed by atoms with Crippen LogP contribution in [-0.4, -0.2) is 104 Å². The minimum absolute atomic E-state index is 0.0204. The van der Waals surface area contributed by atoms with Gasteiger partial charge in [-0.2, -0.15) is 9.36 Å². The molecule has 20 heteroatoms. The number of nitrogens with zero attached hydrogens (tertiary/aromatic N) is 8. The first-order valence-electron chi connectivity index (χ1n) is 11.6. The molecule has 2 aliphatic heterocycles. The summed E-state index contributed by atoms with van der Waals surface area (Å²) in [7, 11) is 0. The van der Waals surface area contributed by atoms with E-state index in [4.69, 9.17) is 15.7 Å². The third kappa shape index (κ3) is 5.93. The van der Waals surface area contributed by atoms with Gasteiger partial charge in [0.25, 0.3) is 5.91 Å². The topological polar surface area (TPSA) is 241 Å². The lowest BCUT2D eigenvalue weighted by Crippen LogP contribution is -2.74. The van der Waals surface area contributed by atoms with Gasteiger partial charge in [0.1, 0.15) is 23.4 Å². The van der Waals surface area contributed by atoms with Crippen LogP contribution in [0.1, 0.15) is 5.82 Å². The molecule has 17 nitrogen and oxygen atoms in total. The average molecular weight is 621 g/mol. The summed E-state index contributed by atoms with van der Waals surface area (Å²) in [4.78, 5) is 60.4. The van der Waals surface area contributed by atoms with Gasteiger partial charge in [0.05, 0.1) is 0 Å². The molecule has 0 aliphatic carbocycles. The first-order chi connectivity index (χ1) is 19.7. The number of carboxylic acids is 2. The number of rotatable bonds is 11. The number of anilines is 1. The molecule has 0 saturated carbocycles. The van der Waals surface area contributed by atoms with Crippen molar-refractivity contribution in [3.63, 3.8) is 0 Å². The largest absolute Gasteiger partial charge is 0.481 e. The fourth-order valence-electron chi connectivity index (χ4n) is 3.94. The summed E-state index contributed by atoms with van der Waals surface area (Å²) >= 11 is 3.04. The summed E-state index contributed by atoms with van der Waals surface area (Å²) in [6.45, 7) is -0.607. The maximum atomic E-state index is 13.2. The van der Waals surface area contributed by atoms with Crippen molar-refractivity contribution < 1.29 is 34.2 Å². The molecule has 2 saturated heterocycles. The maximum Gasteiger partial charge on any atom is 0.325 e. The van der Waals surface area contributed by atoms with Crippen LogP contribution in [-0.2, 0) is 25.7 Å². The lowest BCUT2D eigenvalue weighted by atomic mass is 9.89. The standard InChI is InChI=1S/C21H20N10O7S3/c22-19-24-14(27-41-19)12(26-38-10-4-2-1-3-5-10)15(34)23-13-16(35)30-7-21(18(36)37,8-39-17(13)30)9-40-20-25-28-29-31(20)6-11(32)33/h1-5,13,17H,6-9H2,(H,23,34)(H,32,33)(H,36,37)(H2,22,24,27)/t13?,17-,21?/m1/s1. The number of fused-ring (bicyclic) bond motifs is 1. The van der Waals surface area contributed by atoms with Crippen LogP contribution in [0.3, 0.4) is 0 Å². The first-order valence-corrected chi connectivity index (χ1v) is 14.4. The maximum absolute atomic E-state index is 13.2. The molecule has 2 aromatic heterocycles. The zero-order valence-electron chi connectivity index (χ0n) is 20.7. The number of carbonyl (C=O) groups is 4. The molecule has 214 valence electrons. The molecule has 0 spiro atoms. The Balaban J connectivity index is 1.26. The first kappa shape index (κ1) is 28.2. The van der Waals surface area contributed by atoms with Gasteiger partial charge in [-0.15, -0.1) is 16.9 Å². The van der Waals surface area contributed by atoms with Crippen molar-refractivity contribution in [3.8, 4) is 5.75 Å². The van der Waals surface area contributed by atoms with Gasteiger partial charge in [-0.1, -0.05) is 35.1 Å². The second-order valence-corrected chi connectivity index (χ2v) is 11.6. The predicted octanol–water partition coefficient (Wildman–Crippen LogP) is -0.762. The summed E-state index contributed by atoms with van der Waals surface area (Å²) in [5.74, 6) is -3.16. The molecule has 2 fully saturated rings. The molecule has 41 heavy (non-hydrogen) atoms. The summed E-state index contributed by atoms with van der Waals surface area (Å²) in [6.07, 6.45) is 0. The van der Waals surface area contributed by atoms with Crippen molar-refractivity contribution in [1.29, 1.82) is 0 Å². The van der Waals surface area contributed by atoms with E-state index in [1.54, 1.807) is 30.3 Å². The highest BCUT2D eigenvalue weighted by Crippen LogP contribution is 2.44. The van der Waals surface area contributed by atoms with Crippen LogP contribution >= 0.6 is 35.1 Å². The normalized spacial score (nSPS) is 22.0. The van der Waals surface area contributed by atoms with Crippen molar-refractivity contribution in [2.75, 3.05) is 23.8 Å². The molecular formula is C21H20N10O7S3. The summed E-state index contributed by atoms with van der Waals surface area (Å²) < 4.78 is 5.07. The number of nitrogens with two attached hydrogens (primary N) is 1. The second kappa shape index (κ2) is 11.7. The highest BCUT2D eigenvalue weighted by atomic mass is 32.2. The molecule has 2 amide bonds. The summed E-state index contributed by atoms with van der Waals surface area (Å²) in [5, 5.41) is 36.2. The Kier molecular flexibility index (Phi) is 8.03. The Morgan fingerprint density at radius 1 is 1.27 bits per heavy atom. The van der Waals surface area contributed by atoms with Gasteiger partial charge in [-0.25, -0.2) is 4.68 Å². The van der Waals surface area contributed by atoms with E-state index >= 15 is 0 Å². The van der Waals surface area contributed by atoms with Gasteiger partial charge in [-0.3, -0.25) is 19.2 Å². The van der Waals surface area contributed by atoms with E-state index in [9.17, 15) is 24.3 Å². The zero-order chi connectivity index (χ0) is 29.1. The zero-order valence-corrected chi connectivity index (χ0v) is 23.1. The van der Waals surface area contributed by atoms with Crippen molar-refractivity contribution in [1.82, 2.24) is 39.8 Å². The highest BCUT2D eigenvalue weighted by Gasteiger charge is 2.57. The lowest BCUT2D eigenvalue weighted by molar-refractivity contribution is -0.157. The number of amides is 2.